The van der Waals surface area contributed by atoms with E-state index in [1.54, 1.807) is 41.5 Å². The fraction of sp³-hybridized carbons (Fsp3) is 0.450. The number of pyridine rings is 1. The summed E-state index contributed by atoms with van der Waals surface area (Å²) in [4.78, 5) is 37.1. The number of hydrogen-bond acceptors (Lipinski definition) is 8. The second kappa shape index (κ2) is 9.72. The Balaban J connectivity index is 2.52. The zero-order chi connectivity index (χ0) is 25.2. The first-order chi connectivity index (χ1) is 15.0. The van der Waals surface area contributed by atoms with E-state index in [1.165, 1.54) is 12.1 Å². The number of amides is 2. The Labute approximate surface area is 197 Å². The third-order valence-electron chi connectivity index (χ3n) is 3.31. The van der Waals surface area contributed by atoms with Crippen LogP contribution in [0, 0.1) is 0 Å². The van der Waals surface area contributed by atoms with Crippen LogP contribution in [0.3, 0.4) is 0 Å². The highest BCUT2D eigenvalue weighted by molar-refractivity contribution is 7.99. The summed E-state index contributed by atoms with van der Waals surface area (Å²) < 4.78 is 50.4. The number of nitrogens with zero attached hydrogens (tertiary/aromatic N) is 4. The lowest BCUT2D eigenvalue weighted by Crippen LogP contribution is -2.44. The lowest BCUT2D eigenvalue weighted by Gasteiger charge is -2.28. The van der Waals surface area contributed by atoms with Gasteiger partial charge in [-0.25, -0.2) is 19.6 Å². The van der Waals surface area contributed by atoms with Crippen molar-refractivity contribution in [3.63, 3.8) is 0 Å². The Morgan fingerprint density at radius 1 is 1.00 bits per heavy atom. The van der Waals surface area contributed by atoms with Crippen molar-refractivity contribution in [3.8, 4) is 0 Å². The number of halogens is 4. The molecule has 8 nitrogen and oxygen atoms in total. The largest absolute Gasteiger partial charge is 0.443 e. The van der Waals surface area contributed by atoms with E-state index in [0.29, 0.717) is 16.7 Å². The number of alkyl halides is 3. The summed E-state index contributed by atoms with van der Waals surface area (Å²) in [5, 5.41) is -0.441. The number of carbonyl (C=O) groups excluding carboxylic acids is 2. The molecular weight excluding hydrogens is 485 g/mol. The molecule has 0 radical (unpaired) electrons. The Morgan fingerprint density at radius 3 is 2.03 bits per heavy atom. The van der Waals surface area contributed by atoms with Gasteiger partial charge in [-0.3, -0.25) is 4.98 Å². The van der Waals surface area contributed by atoms with E-state index < -0.39 is 41.1 Å². The van der Waals surface area contributed by atoms with Gasteiger partial charge in [0.15, 0.2) is 16.7 Å². The van der Waals surface area contributed by atoms with Gasteiger partial charge in [-0.15, -0.1) is 0 Å². The van der Waals surface area contributed by atoms with Crippen LogP contribution >= 0.6 is 23.4 Å². The smallest absolute Gasteiger partial charge is 0.434 e. The van der Waals surface area contributed by atoms with Gasteiger partial charge in [0, 0.05) is 11.1 Å². The molecule has 2 aromatic heterocycles. The standard InChI is InChI=1S/C20H22ClF3N4O4S/c1-18(2,3)31-16(29)28(17(30)32-19(4,5)6)15-14(21)26-10-12(27-15)33-11-8-7-9-25-13(11)20(22,23)24/h7-10H,1-6H3. The first-order valence-electron chi connectivity index (χ1n) is 9.46. The van der Waals surface area contributed by atoms with Gasteiger partial charge in [0.1, 0.15) is 16.2 Å². The van der Waals surface area contributed by atoms with Crippen LogP contribution in [0.4, 0.5) is 28.6 Å². The fourth-order valence-electron chi connectivity index (χ4n) is 2.20. The van der Waals surface area contributed by atoms with E-state index in [2.05, 4.69) is 15.0 Å². The summed E-state index contributed by atoms with van der Waals surface area (Å²) in [6, 6.07) is 2.53. The van der Waals surface area contributed by atoms with Gasteiger partial charge in [-0.2, -0.15) is 18.1 Å². The van der Waals surface area contributed by atoms with Gasteiger partial charge >= 0.3 is 18.4 Å². The quantitative estimate of drug-likeness (QED) is 0.473. The van der Waals surface area contributed by atoms with E-state index in [1.807, 2.05) is 0 Å². The van der Waals surface area contributed by atoms with Crippen molar-refractivity contribution in [2.24, 2.45) is 0 Å². The van der Waals surface area contributed by atoms with Crippen LogP contribution in [0.25, 0.3) is 0 Å². The number of imide groups is 1. The molecular formula is C20H22ClF3N4O4S. The molecule has 13 heteroatoms. The zero-order valence-electron chi connectivity index (χ0n) is 18.7. The first-order valence-corrected chi connectivity index (χ1v) is 10.7. The van der Waals surface area contributed by atoms with Crippen molar-refractivity contribution in [3.05, 3.63) is 35.4 Å². The predicted molar refractivity (Wildman–Crippen MR) is 115 cm³/mol. The highest BCUT2D eigenvalue weighted by atomic mass is 35.5. The van der Waals surface area contributed by atoms with Crippen molar-refractivity contribution in [2.45, 2.75) is 68.8 Å². The van der Waals surface area contributed by atoms with E-state index in [4.69, 9.17) is 21.1 Å². The summed E-state index contributed by atoms with van der Waals surface area (Å²) in [5.41, 5.74) is -3.09. The van der Waals surface area contributed by atoms with Gasteiger partial charge in [-0.1, -0.05) is 23.4 Å². The molecule has 0 spiro atoms. The summed E-state index contributed by atoms with van der Waals surface area (Å²) in [6.07, 6.45) is -4.88. The van der Waals surface area contributed by atoms with E-state index >= 15 is 0 Å². The van der Waals surface area contributed by atoms with Gasteiger partial charge in [0.25, 0.3) is 0 Å². The second-order valence-electron chi connectivity index (χ2n) is 8.57. The van der Waals surface area contributed by atoms with E-state index in [0.717, 1.165) is 12.4 Å². The second-order valence-corrected chi connectivity index (χ2v) is 9.99. The fourth-order valence-corrected chi connectivity index (χ4v) is 3.25. The van der Waals surface area contributed by atoms with Gasteiger partial charge in [0.2, 0.25) is 0 Å². The average Bonchev–Trinajstić information content (AvgIpc) is 2.61. The Hall–Kier alpha value is -2.60. The lowest BCUT2D eigenvalue weighted by atomic mass is 10.2. The van der Waals surface area contributed by atoms with Crippen LogP contribution in [-0.4, -0.2) is 38.3 Å². The molecule has 0 N–H and O–H groups in total. The number of aromatic nitrogens is 3. The van der Waals surface area contributed by atoms with E-state index in [9.17, 15) is 22.8 Å². The predicted octanol–water partition coefficient (Wildman–Crippen LogP) is 6.37. The SMILES string of the molecule is CC(C)(C)OC(=O)N(C(=O)OC(C)(C)C)c1nc(Sc2cccnc2C(F)(F)F)cnc1Cl. The number of anilines is 1. The molecule has 2 rings (SSSR count). The Morgan fingerprint density at radius 2 is 1.55 bits per heavy atom. The minimum atomic E-state index is -4.70. The number of ether oxygens (including phenoxy) is 2. The van der Waals surface area contributed by atoms with Crippen molar-refractivity contribution in [1.29, 1.82) is 0 Å². The molecule has 0 saturated heterocycles. The van der Waals surface area contributed by atoms with Crippen molar-refractivity contribution < 1.29 is 32.2 Å². The van der Waals surface area contributed by atoms with Crippen LogP contribution in [0.2, 0.25) is 5.15 Å². The number of rotatable bonds is 3. The van der Waals surface area contributed by atoms with Crippen molar-refractivity contribution in [1.82, 2.24) is 15.0 Å². The highest BCUT2D eigenvalue weighted by Crippen LogP contribution is 2.38. The Bertz CT molecular complexity index is 1010. The monoisotopic (exact) mass is 506 g/mol. The molecule has 2 aromatic rings. The maximum Gasteiger partial charge on any atom is 0.434 e. The molecule has 0 bridgehead atoms. The van der Waals surface area contributed by atoms with Crippen LogP contribution < -0.4 is 4.90 Å². The summed E-state index contributed by atoms with van der Waals surface area (Å²) in [7, 11) is 0. The van der Waals surface area contributed by atoms with Crippen LogP contribution in [-0.2, 0) is 15.7 Å². The first kappa shape index (κ1) is 26.7. The molecule has 0 atom stereocenters. The van der Waals surface area contributed by atoms with Gasteiger partial charge in [-0.05, 0) is 53.7 Å². The molecule has 2 amide bonds. The summed E-state index contributed by atoms with van der Waals surface area (Å²) in [5.74, 6) is -0.456. The zero-order valence-corrected chi connectivity index (χ0v) is 20.2. The third kappa shape index (κ3) is 7.74. The summed E-state index contributed by atoms with van der Waals surface area (Å²) in [6.45, 7) is 9.49. The Kier molecular flexibility index (Phi) is 7.85. The number of carbonyl (C=O) groups is 2. The molecule has 0 aliphatic rings. The molecule has 33 heavy (non-hydrogen) atoms. The average molecular weight is 507 g/mol. The molecule has 0 aliphatic carbocycles. The molecule has 180 valence electrons. The molecule has 0 aliphatic heterocycles. The molecule has 0 aromatic carbocycles. The lowest BCUT2D eigenvalue weighted by molar-refractivity contribution is -0.143. The van der Waals surface area contributed by atoms with Gasteiger partial charge < -0.3 is 9.47 Å². The van der Waals surface area contributed by atoms with Crippen LogP contribution in [0.15, 0.2) is 34.4 Å². The minimum Gasteiger partial charge on any atom is -0.443 e. The normalized spacial score (nSPS) is 12.3. The van der Waals surface area contributed by atoms with Crippen LogP contribution in [0.1, 0.15) is 47.2 Å². The van der Waals surface area contributed by atoms with Crippen molar-refractivity contribution in [2.75, 3.05) is 4.90 Å². The molecule has 2 heterocycles. The van der Waals surface area contributed by atoms with Crippen molar-refractivity contribution >= 4 is 41.4 Å². The third-order valence-corrected chi connectivity index (χ3v) is 4.53. The molecule has 0 saturated carbocycles. The topological polar surface area (TPSA) is 94.5 Å². The summed E-state index contributed by atoms with van der Waals surface area (Å²) >= 11 is 6.68. The van der Waals surface area contributed by atoms with E-state index in [-0.39, 0.29) is 15.1 Å². The minimum absolute atomic E-state index is 0.0787. The molecule has 0 fully saturated rings. The van der Waals surface area contributed by atoms with Gasteiger partial charge in [0.05, 0.1) is 6.20 Å². The maximum absolute atomic E-state index is 13.3. The van der Waals surface area contributed by atoms with Crippen LogP contribution in [0.5, 0.6) is 0 Å². The maximum atomic E-state index is 13.3. The highest BCUT2D eigenvalue weighted by Gasteiger charge is 2.37. The molecule has 0 unspecified atom stereocenters. The number of hydrogen-bond donors (Lipinski definition) is 0.